The molecule has 1 aromatic rings. The van der Waals surface area contributed by atoms with Gasteiger partial charge in [0.15, 0.2) is 0 Å². The number of hydrogen-bond acceptors (Lipinski definition) is 3. The number of primary amides is 1. The van der Waals surface area contributed by atoms with Crippen LogP contribution < -0.4 is 5.73 Å². The summed E-state index contributed by atoms with van der Waals surface area (Å²) in [5.41, 5.74) is 4.93. The number of rotatable bonds is 3. The predicted molar refractivity (Wildman–Crippen MR) is 58.0 cm³/mol. The molecule has 4 nitrogen and oxygen atoms in total. The molecule has 1 amide bonds. The van der Waals surface area contributed by atoms with E-state index in [0.717, 1.165) is 12.2 Å². The largest absolute Gasteiger partial charge is 0.461 e. The molecule has 1 aliphatic rings. The lowest BCUT2D eigenvalue weighted by molar-refractivity contribution is -0.114. The second-order valence-electron chi connectivity index (χ2n) is 4.09. The fourth-order valence-electron chi connectivity index (χ4n) is 1.66. The summed E-state index contributed by atoms with van der Waals surface area (Å²) in [6, 6.07) is 5.37. The van der Waals surface area contributed by atoms with E-state index in [0.29, 0.717) is 17.6 Å². The van der Waals surface area contributed by atoms with Crippen molar-refractivity contribution in [1.29, 1.82) is 5.26 Å². The molecular formula is C12H12N2O2. The van der Waals surface area contributed by atoms with Gasteiger partial charge in [0.1, 0.15) is 23.2 Å². The molecule has 0 aromatic carbocycles. The van der Waals surface area contributed by atoms with Crippen LogP contribution in [-0.4, -0.2) is 5.91 Å². The number of carbonyl (C=O) groups is 1. The monoisotopic (exact) mass is 216 g/mol. The van der Waals surface area contributed by atoms with Crippen LogP contribution in [0.1, 0.15) is 30.8 Å². The fraction of sp³-hybridized carbons (Fsp3) is 0.333. The van der Waals surface area contributed by atoms with E-state index in [9.17, 15) is 4.79 Å². The van der Waals surface area contributed by atoms with E-state index in [4.69, 9.17) is 15.4 Å². The molecule has 1 fully saturated rings. The number of amides is 1. The van der Waals surface area contributed by atoms with Crippen molar-refractivity contribution in [3.63, 3.8) is 0 Å². The summed E-state index contributed by atoms with van der Waals surface area (Å²) < 4.78 is 5.53. The third-order valence-electron chi connectivity index (χ3n) is 2.80. The Morgan fingerprint density at radius 3 is 2.88 bits per heavy atom. The molecule has 16 heavy (non-hydrogen) atoms. The first kappa shape index (κ1) is 10.5. The standard InChI is InChI=1S/C12H12N2O2/c1-7-4-10(7)11-3-2-9(16-11)5-8(6-13)12(14)15/h2-3,5,7,10H,4H2,1H3,(H2,14,15)/b8-5+/t7-,10+/m1/s1. The highest BCUT2D eigenvalue weighted by atomic mass is 16.3. The Morgan fingerprint density at radius 2 is 2.38 bits per heavy atom. The van der Waals surface area contributed by atoms with Crippen LogP contribution in [0.4, 0.5) is 0 Å². The minimum absolute atomic E-state index is 0.0928. The van der Waals surface area contributed by atoms with Crippen LogP contribution in [0.3, 0.4) is 0 Å². The van der Waals surface area contributed by atoms with Crippen LogP contribution in [0.25, 0.3) is 6.08 Å². The number of hydrogen-bond donors (Lipinski definition) is 1. The van der Waals surface area contributed by atoms with E-state index >= 15 is 0 Å². The molecule has 0 bridgehead atoms. The Morgan fingerprint density at radius 1 is 1.69 bits per heavy atom. The lowest BCUT2D eigenvalue weighted by Gasteiger charge is -1.91. The van der Waals surface area contributed by atoms with Gasteiger partial charge in [-0.05, 0) is 24.5 Å². The molecule has 0 spiro atoms. The maximum absolute atomic E-state index is 10.8. The average molecular weight is 216 g/mol. The zero-order valence-electron chi connectivity index (χ0n) is 8.93. The lowest BCUT2D eigenvalue weighted by atomic mass is 10.2. The van der Waals surface area contributed by atoms with E-state index in [2.05, 4.69) is 6.92 Å². The van der Waals surface area contributed by atoms with Crippen LogP contribution in [0.5, 0.6) is 0 Å². The molecular weight excluding hydrogens is 204 g/mol. The van der Waals surface area contributed by atoms with Crippen molar-refractivity contribution >= 4 is 12.0 Å². The number of nitrogens with zero attached hydrogens (tertiary/aromatic N) is 1. The van der Waals surface area contributed by atoms with Gasteiger partial charge in [-0.2, -0.15) is 5.26 Å². The summed E-state index contributed by atoms with van der Waals surface area (Å²) in [6.07, 6.45) is 2.51. The summed E-state index contributed by atoms with van der Waals surface area (Å²) >= 11 is 0. The Hall–Kier alpha value is -2.02. The van der Waals surface area contributed by atoms with E-state index in [1.165, 1.54) is 6.08 Å². The molecule has 1 heterocycles. The van der Waals surface area contributed by atoms with E-state index in [-0.39, 0.29) is 5.57 Å². The van der Waals surface area contributed by atoms with Crippen molar-refractivity contribution in [1.82, 2.24) is 0 Å². The van der Waals surface area contributed by atoms with Crippen LogP contribution in [0.2, 0.25) is 0 Å². The molecule has 0 saturated heterocycles. The van der Waals surface area contributed by atoms with Gasteiger partial charge in [-0.15, -0.1) is 0 Å². The number of nitrogens with two attached hydrogens (primary N) is 1. The molecule has 82 valence electrons. The van der Waals surface area contributed by atoms with Crippen LogP contribution in [-0.2, 0) is 4.79 Å². The quantitative estimate of drug-likeness (QED) is 0.617. The third-order valence-corrected chi connectivity index (χ3v) is 2.80. The first-order valence-electron chi connectivity index (χ1n) is 5.13. The normalized spacial score (nSPS) is 23.9. The van der Waals surface area contributed by atoms with Gasteiger partial charge in [0.25, 0.3) is 5.91 Å². The van der Waals surface area contributed by atoms with Crippen LogP contribution >= 0.6 is 0 Å². The van der Waals surface area contributed by atoms with Crippen LogP contribution in [0, 0.1) is 17.2 Å². The SMILES string of the molecule is C[C@@H]1C[C@@H]1c1ccc(/C=C(\C#N)C(N)=O)o1. The summed E-state index contributed by atoms with van der Waals surface area (Å²) in [5, 5.41) is 8.67. The lowest BCUT2D eigenvalue weighted by Crippen LogP contribution is -2.12. The molecule has 0 aliphatic heterocycles. The molecule has 1 saturated carbocycles. The van der Waals surface area contributed by atoms with Crippen molar-refractivity contribution in [2.45, 2.75) is 19.3 Å². The second-order valence-corrected chi connectivity index (χ2v) is 4.09. The molecule has 0 radical (unpaired) electrons. The highest BCUT2D eigenvalue weighted by Crippen LogP contribution is 2.47. The van der Waals surface area contributed by atoms with Gasteiger partial charge in [-0.1, -0.05) is 6.92 Å². The predicted octanol–water partition coefficient (Wildman–Crippen LogP) is 1.80. The summed E-state index contributed by atoms with van der Waals surface area (Å²) in [7, 11) is 0. The molecule has 0 unspecified atom stereocenters. The van der Waals surface area contributed by atoms with Crippen molar-refractivity contribution in [2.24, 2.45) is 11.7 Å². The first-order valence-corrected chi connectivity index (χ1v) is 5.13. The summed E-state index contributed by atoms with van der Waals surface area (Å²) in [4.78, 5) is 10.8. The third kappa shape index (κ3) is 1.98. The van der Waals surface area contributed by atoms with Crippen molar-refractivity contribution in [2.75, 3.05) is 0 Å². The highest BCUT2D eigenvalue weighted by molar-refractivity contribution is 6.00. The second kappa shape index (κ2) is 3.86. The van der Waals surface area contributed by atoms with Crippen LogP contribution in [0.15, 0.2) is 22.1 Å². The maximum atomic E-state index is 10.8. The maximum Gasteiger partial charge on any atom is 0.259 e. The van der Waals surface area contributed by atoms with E-state index in [1.54, 1.807) is 12.1 Å². The molecule has 1 aromatic heterocycles. The Kier molecular flexibility index (Phi) is 2.53. The zero-order chi connectivity index (χ0) is 11.7. The average Bonchev–Trinajstić information content (AvgIpc) is 2.79. The zero-order valence-corrected chi connectivity index (χ0v) is 8.93. The smallest absolute Gasteiger partial charge is 0.259 e. The number of nitriles is 1. The van der Waals surface area contributed by atoms with Gasteiger partial charge in [-0.3, -0.25) is 4.79 Å². The molecule has 2 rings (SSSR count). The van der Waals surface area contributed by atoms with Gasteiger partial charge in [0.05, 0.1) is 0 Å². The first-order chi connectivity index (χ1) is 7.61. The molecule has 4 heteroatoms. The van der Waals surface area contributed by atoms with Crippen molar-refractivity contribution in [3.8, 4) is 6.07 Å². The Labute approximate surface area is 93.3 Å². The summed E-state index contributed by atoms with van der Waals surface area (Å²) in [5.74, 6) is 1.83. The highest BCUT2D eigenvalue weighted by Gasteiger charge is 2.36. The van der Waals surface area contributed by atoms with Gasteiger partial charge in [0, 0.05) is 12.0 Å². The number of carbonyl (C=O) groups excluding carboxylic acids is 1. The van der Waals surface area contributed by atoms with Gasteiger partial charge >= 0.3 is 0 Å². The molecule has 1 aliphatic carbocycles. The minimum atomic E-state index is -0.736. The van der Waals surface area contributed by atoms with Crippen molar-refractivity contribution in [3.05, 3.63) is 29.2 Å². The fourth-order valence-corrected chi connectivity index (χ4v) is 1.66. The minimum Gasteiger partial charge on any atom is -0.461 e. The van der Waals surface area contributed by atoms with Gasteiger partial charge in [0.2, 0.25) is 0 Å². The Bertz CT molecular complexity index is 493. The van der Waals surface area contributed by atoms with E-state index < -0.39 is 5.91 Å². The van der Waals surface area contributed by atoms with Gasteiger partial charge < -0.3 is 10.2 Å². The van der Waals surface area contributed by atoms with Crippen molar-refractivity contribution < 1.29 is 9.21 Å². The Balaban J connectivity index is 2.19. The molecule has 2 atom stereocenters. The van der Waals surface area contributed by atoms with Gasteiger partial charge in [-0.25, -0.2) is 0 Å². The molecule has 2 N–H and O–H groups in total. The number of furan rings is 1. The van der Waals surface area contributed by atoms with E-state index in [1.807, 2.05) is 6.07 Å². The summed E-state index contributed by atoms with van der Waals surface area (Å²) in [6.45, 7) is 2.16. The topological polar surface area (TPSA) is 80.0 Å².